The van der Waals surface area contributed by atoms with Gasteiger partial charge in [-0.3, -0.25) is 4.79 Å². The molecule has 0 aromatic carbocycles. The molecule has 3 atom stereocenters. The highest BCUT2D eigenvalue weighted by molar-refractivity contribution is 5.79. The molecule has 1 amide bonds. The number of carbonyl (C=O) groups is 1. The molecule has 1 aromatic heterocycles. The molecule has 1 unspecified atom stereocenters. The summed E-state index contributed by atoms with van der Waals surface area (Å²) in [6, 6.07) is -0.368. The predicted octanol–water partition coefficient (Wildman–Crippen LogP) is 4.04. The number of carbonyl (C=O) groups excluding carboxylic acids is 1. The van der Waals surface area contributed by atoms with Crippen LogP contribution in [-0.2, 0) is 4.79 Å². The van der Waals surface area contributed by atoms with E-state index in [1.165, 1.54) is 0 Å². The minimum absolute atomic E-state index is 0.0347. The van der Waals surface area contributed by atoms with E-state index in [-0.39, 0.29) is 30.3 Å². The van der Waals surface area contributed by atoms with Gasteiger partial charge in [-0.15, -0.1) is 0 Å². The first kappa shape index (κ1) is 17.7. The van der Waals surface area contributed by atoms with Crippen LogP contribution in [0.25, 0.3) is 0 Å². The Kier molecular flexibility index (Phi) is 4.39. The van der Waals surface area contributed by atoms with E-state index < -0.39 is 12.2 Å². The van der Waals surface area contributed by atoms with Crippen LogP contribution in [0, 0.1) is 5.92 Å². The van der Waals surface area contributed by atoms with Gasteiger partial charge in [0.2, 0.25) is 5.91 Å². The van der Waals surface area contributed by atoms with Crippen molar-refractivity contribution in [3.05, 3.63) is 11.8 Å². The highest BCUT2D eigenvalue weighted by atomic mass is 19.4. The molecule has 4 rings (SSSR count). The van der Waals surface area contributed by atoms with E-state index in [2.05, 4.69) is 10.4 Å². The lowest BCUT2D eigenvalue weighted by Crippen LogP contribution is -2.38. The summed E-state index contributed by atoms with van der Waals surface area (Å²) in [6.07, 6.45) is 1.30. The molecule has 2 aliphatic heterocycles. The Morgan fingerprint density at radius 2 is 1.96 bits per heavy atom. The van der Waals surface area contributed by atoms with E-state index in [0.29, 0.717) is 18.1 Å². The summed E-state index contributed by atoms with van der Waals surface area (Å²) in [7, 11) is 0. The minimum atomic E-state index is -4.33. The Morgan fingerprint density at radius 1 is 1.23 bits per heavy atom. The molecule has 2 fully saturated rings. The molecule has 1 N–H and O–H groups in total. The standard InChI is InChI=1S/C18H25F3N4O/c1-11-9-15(18(19,20)21)25-16(22-11)10-13(23-25)14-7-4-8-24(14)17(26)12-5-2-3-6-12/h10-12,14-15,22H,2-9H2,1H3/t11-,14?,15-/m1/s1. The molecule has 8 heteroatoms. The Labute approximate surface area is 150 Å². The zero-order valence-corrected chi connectivity index (χ0v) is 14.9. The van der Waals surface area contributed by atoms with Crippen LogP contribution in [0.15, 0.2) is 6.07 Å². The zero-order valence-electron chi connectivity index (χ0n) is 14.9. The van der Waals surface area contributed by atoms with Gasteiger partial charge in [-0.25, -0.2) is 4.68 Å². The van der Waals surface area contributed by atoms with Gasteiger partial charge in [0.15, 0.2) is 6.04 Å². The summed E-state index contributed by atoms with van der Waals surface area (Å²) < 4.78 is 41.4. The zero-order chi connectivity index (χ0) is 18.5. The number of fused-ring (bicyclic) bond motifs is 1. The van der Waals surface area contributed by atoms with Crippen molar-refractivity contribution >= 4 is 11.7 Å². The maximum atomic E-state index is 13.4. The van der Waals surface area contributed by atoms with Crippen molar-refractivity contribution in [3.8, 4) is 0 Å². The van der Waals surface area contributed by atoms with Crippen molar-refractivity contribution in [1.82, 2.24) is 14.7 Å². The second-order valence-electron chi connectivity index (χ2n) is 7.91. The maximum absolute atomic E-state index is 13.4. The fraction of sp³-hybridized carbons (Fsp3) is 0.778. The molecule has 0 bridgehead atoms. The maximum Gasteiger partial charge on any atom is 0.410 e. The Balaban J connectivity index is 1.61. The van der Waals surface area contributed by atoms with Crippen molar-refractivity contribution < 1.29 is 18.0 Å². The molecular weight excluding hydrogens is 345 g/mol. The lowest BCUT2D eigenvalue weighted by molar-refractivity contribution is -0.173. The van der Waals surface area contributed by atoms with Gasteiger partial charge in [0.05, 0.1) is 11.7 Å². The van der Waals surface area contributed by atoms with Crippen molar-refractivity contribution in [2.45, 2.75) is 76.2 Å². The molecule has 1 saturated carbocycles. The smallest absolute Gasteiger partial charge is 0.368 e. The highest BCUT2D eigenvalue weighted by Crippen LogP contribution is 2.42. The predicted molar refractivity (Wildman–Crippen MR) is 90.7 cm³/mol. The number of halogens is 3. The summed E-state index contributed by atoms with van der Waals surface area (Å²) in [5.74, 6) is 0.639. The van der Waals surface area contributed by atoms with E-state index in [0.717, 1.165) is 43.2 Å². The first-order valence-electron chi connectivity index (χ1n) is 9.58. The molecule has 144 valence electrons. The van der Waals surface area contributed by atoms with Gasteiger partial charge in [0.25, 0.3) is 0 Å². The first-order chi connectivity index (χ1) is 12.3. The number of hydrogen-bond donors (Lipinski definition) is 1. The monoisotopic (exact) mass is 370 g/mol. The number of aromatic nitrogens is 2. The van der Waals surface area contributed by atoms with Crippen LogP contribution in [0.2, 0.25) is 0 Å². The molecule has 0 spiro atoms. The van der Waals surface area contributed by atoms with E-state index in [9.17, 15) is 18.0 Å². The topological polar surface area (TPSA) is 50.2 Å². The molecule has 5 nitrogen and oxygen atoms in total. The van der Waals surface area contributed by atoms with Crippen molar-refractivity contribution in [3.63, 3.8) is 0 Å². The minimum Gasteiger partial charge on any atom is -0.368 e. The fourth-order valence-corrected chi connectivity index (χ4v) is 4.69. The van der Waals surface area contributed by atoms with Crippen molar-refractivity contribution in [2.75, 3.05) is 11.9 Å². The van der Waals surface area contributed by atoms with Gasteiger partial charge in [0, 0.05) is 24.6 Å². The second kappa shape index (κ2) is 6.46. The van der Waals surface area contributed by atoms with Crippen LogP contribution in [0.3, 0.4) is 0 Å². The molecule has 3 heterocycles. The lowest BCUT2D eigenvalue weighted by atomic mass is 10.0. The van der Waals surface area contributed by atoms with Gasteiger partial charge < -0.3 is 10.2 Å². The fourth-order valence-electron chi connectivity index (χ4n) is 4.69. The summed E-state index contributed by atoms with van der Waals surface area (Å²) >= 11 is 0. The summed E-state index contributed by atoms with van der Waals surface area (Å²) in [5.41, 5.74) is 0.583. The average Bonchev–Trinajstić information content (AvgIpc) is 3.31. The third-order valence-corrected chi connectivity index (χ3v) is 5.98. The van der Waals surface area contributed by atoms with Crippen LogP contribution in [0.1, 0.15) is 69.6 Å². The number of anilines is 1. The quantitative estimate of drug-likeness (QED) is 0.855. The number of nitrogens with zero attached hydrogens (tertiary/aromatic N) is 3. The number of nitrogens with one attached hydrogen (secondary N) is 1. The van der Waals surface area contributed by atoms with Crippen LogP contribution >= 0.6 is 0 Å². The summed E-state index contributed by atoms with van der Waals surface area (Å²) in [4.78, 5) is 14.7. The first-order valence-corrected chi connectivity index (χ1v) is 9.58. The van der Waals surface area contributed by atoms with Crippen molar-refractivity contribution in [2.24, 2.45) is 5.92 Å². The van der Waals surface area contributed by atoms with E-state index >= 15 is 0 Å². The number of likely N-dealkylation sites (tertiary alicyclic amines) is 1. The molecule has 3 aliphatic rings. The number of rotatable bonds is 2. The van der Waals surface area contributed by atoms with Gasteiger partial charge in [-0.1, -0.05) is 12.8 Å². The summed E-state index contributed by atoms with van der Waals surface area (Å²) in [6.45, 7) is 2.43. The average molecular weight is 370 g/mol. The summed E-state index contributed by atoms with van der Waals surface area (Å²) in [5, 5.41) is 7.42. The van der Waals surface area contributed by atoms with Gasteiger partial charge in [0.1, 0.15) is 5.82 Å². The molecule has 1 saturated heterocycles. The SMILES string of the molecule is C[C@@H]1C[C@H](C(F)(F)F)n2nc(C3CCCN3C(=O)C3CCCC3)cc2N1. The second-order valence-corrected chi connectivity index (χ2v) is 7.91. The van der Waals surface area contributed by atoms with Gasteiger partial charge in [-0.2, -0.15) is 18.3 Å². The Bertz CT molecular complexity index is 680. The molecule has 0 radical (unpaired) electrons. The number of amides is 1. The van der Waals surface area contributed by atoms with Crippen LogP contribution < -0.4 is 5.32 Å². The van der Waals surface area contributed by atoms with Gasteiger partial charge >= 0.3 is 6.18 Å². The van der Waals surface area contributed by atoms with Crippen LogP contribution in [0.5, 0.6) is 0 Å². The lowest BCUT2D eigenvalue weighted by Gasteiger charge is -2.31. The molecule has 1 aliphatic carbocycles. The van der Waals surface area contributed by atoms with Crippen LogP contribution in [0.4, 0.5) is 19.0 Å². The largest absolute Gasteiger partial charge is 0.410 e. The molecular formula is C18H25F3N4O. The third-order valence-electron chi connectivity index (χ3n) is 5.98. The molecule has 1 aromatic rings. The number of alkyl halides is 3. The van der Waals surface area contributed by atoms with Crippen LogP contribution in [-0.4, -0.2) is 39.4 Å². The molecule has 26 heavy (non-hydrogen) atoms. The normalized spacial score (nSPS) is 29.7. The Morgan fingerprint density at radius 3 is 2.65 bits per heavy atom. The van der Waals surface area contributed by atoms with E-state index in [1.807, 2.05) is 4.90 Å². The van der Waals surface area contributed by atoms with E-state index in [4.69, 9.17) is 0 Å². The van der Waals surface area contributed by atoms with E-state index in [1.54, 1.807) is 13.0 Å². The van der Waals surface area contributed by atoms with Crippen molar-refractivity contribution in [1.29, 1.82) is 0 Å². The number of hydrogen-bond acceptors (Lipinski definition) is 3. The van der Waals surface area contributed by atoms with Gasteiger partial charge in [-0.05, 0) is 39.0 Å². The highest BCUT2D eigenvalue weighted by Gasteiger charge is 2.46. The third kappa shape index (κ3) is 3.07. The Hall–Kier alpha value is -1.73.